The molecule has 0 bridgehead atoms. The van der Waals surface area contributed by atoms with Crippen molar-refractivity contribution in [1.29, 1.82) is 0 Å². The summed E-state index contributed by atoms with van der Waals surface area (Å²) in [6.45, 7) is 22.3. The van der Waals surface area contributed by atoms with Gasteiger partial charge in [0.25, 0.3) is 0 Å². The van der Waals surface area contributed by atoms with Gasteiger partial charge in [-0.15, -0.1) is 0 Å². The number of ether oxygens (including phenoxy) is 3. The molecule has 4 rings (SSSR count). The van der Waals surface area contributed by atoms with Crippen molar-refractivity contribution >= 4 is 17.7 Å². The molecule has 0 radical (unpaired) electrons. The fraction of sp³-hybridized carbons (Fsp3) is 0.474. The number of aromatic nitrogens is 1. The summed E-state index contributed by atoms with van der Waals surface area (Å²) >= 11 is 0. The van der Waals surface area contributed by atoms with Gasteiger partial charge < -0.3 is 19.1 Å². The number of piperidine rings is 1. The third-order valence-electron chi connectivity index (χ3n) is 8.07. The topological polar surface area (TPSA) is 60.9 Å². The molecule has 1 fully saturated rings. The molecule has 45 heavy (non-hydrogen) atoms. The number of carbonyl (C=O) groups is 1. The van der Waals surface area contributed by atoms with Crippen molar-refractivity contribution in [3.05, 3.63) is 83.4 Å². The number of nitrogens with zero attached hydrogens (tertiary/aromatic N) is 2. The Morgan fingerprint density at radius 2 is 1.69 bits per heavy atom. The average molecular weight is 617 g/mol. The van der Waals surface area contributed by atoms with E-state index in [0.717, 1.165) is 65.3 Å². The largest absolute Gasteiger partial charge is 0.493 e. The van der Waals surface area contributed by atoms with Crippen molar-refractivity contribution in [2.75, 3.05) is 24.6 Å². The van der Waals surface area contributed by atoms with Gasteiger partial charge >= 0.3 is 5.97 Å². The Balaban J connectivity index is 1.79. The number of carbonyl (C=O) groups excluding carboxylic acids is 1. The standard InChI is InChI=1S/C38H49FN2O4/c1-10-31-33(28-13-17-30(18-14-28)43-24-19-27-11-15-29(39)16-12-27)34(41-22-20-38(8,9)21-23-41)32(26(4)40-31)35(45-37(5,6)7)36(42)44-25(2)3/h10-18,25,35H,1,19-24H2,2-9H3/t35-/m0/s1. The monoisotopic (exact) mass is 616 g/mol. The zero-order valence-electron chi connectivity index (χ0n) is 28.2. The summed E-state index contributed by atoms with van der Waals surface area (Å²) in [6.07, 6.45) is 3.22. The number of rotatable bonds is 11. The van der Waals surface area contributed by atoms with Gasteiger partial charge in [-0.25, -0.2) is 9.18 Å². The van der Waals surface area contributed by atoms with Gasteiger partial charge in [0.15, 0.2) is 6.10 Å². The van der Waals surface area contributed by atoms with E-state index in [-0.39, 0.29) is 17.3 Å². The van der Waals surface area contributed by atoms with E-state index in [1.54, 1.807) is 18.2 Å². The van der Waals surface area contributed by atoms with Crippen LogP contribution >= 0.6 is 0 Å². The van der Waals surface area contributed by atoms with Crippen molar-refractivity contribution < 1.29 is 23.4 Å². The Bertz CT molecular complexity index is 1460. The highest BCUT2D eigenvalue weighted by Crippen LogP contribution is 2.45. The van der Waals surface area contributed by atoms with Crippen LogP contribution < -0.4 is 9.64 Å². The minimum atomic E-state index is -0.962. The van der Waals surface area contributed by atoms with E-state index in [9.17, 15) is 9.18 Å². The summed E-state index contributed by atoms with van der Waals surface area (Å²) in [5, 5.41) is 0. The molecular weight excluding hydrogens is 567 g/mol. The number of aryl methyl sites for hydroxylation is 1. The lowest BCUT2D eigenvalue weighted by Crippen LogP contribution is -2.39. The van der Waals surface area contributed by atoms with Crippen LogP contribution in [0, 0.1) is 18.2 Å². The summed E-state index contributed by atoms with van der Waals surface area (Å²) < 4.78 is 31.6. The van der Waals surface area contributed by atoms with Crippen LogP contribution in [-0.2, 0) is 20.7 Å². The molecule has 0 aliphatic carbocycles. The van der Waals surface area contributed by atoms with Gasteiger partial charge in [-0.1, -0.05) is 44.7 Å². The molecule has 2 aromatic carbocycles. The minimum Gasteiger partial charge on any atom is -0.493 e. The van der Waals surface area contributed by atoms with E-state index in [0.29, 0.717) is 18.7 Å². The first-order valence-corrected chi connectivity index (χ1v) is 16.0. The Kier molecular flexibility index (Phi) is 10.7. The summed E-state index contributed by atoms with van der Waals surface area (Å²) in [5.41, 5.74) is 5.60. The lowest BCUT2D eigenvalue weighted by Gasteiger charge is -2.41. The lowest BCUT2D eigenvalue weighted by molar-refractivity contribution is -0.171. The molecule has 3 aromatic rings. The first kappa shape index (κ1) is 34.2. The van der Waals surface area contributed by atoms with E-state index >= 15 is 0 Å². The number of pyridine rings is 1. The van der Waals surface area contributed by atoms with Crippen molar-refractivity contribution in [2.45, 2.75) is 92.5 Å². The Hall–Kier alpha value is -3.71. The van der Waals surface area contributed by atoms with E-state index < -0.39 is 17.7 Å². The number of hydrogen-bond acceptors (Lipinski definition) is 6. The second-order valence-corrected chi connectivity index (χ2v) is 13.9. The molecule has 1 aromatic heterocycles. The van der Waals surface area contributed by atoms with Gasteiger partial charge in [-0.3, -0.25) is 4.98 Å². The summed E-state index contributed by atoms with van der Waals surface area (Å²) in [6, 6.07) is 14.4. The molecule has 7 heteroatoms. The number of halogens is 1. The van der Waals surface area contributed by atoms with Crippen LogP contribution in [0.4, 0.5) is 10.1 Å². The van der Waals surface area contributed by atoms with Crippen molar-refractivity contribution in [3.8, 4) is 16.9 Å². The summed E-state index contributed by atoms with van der Waals surface area (Å²) in [7, 11) is 0. The SMILES string of the molecule is C=Cc1nc(C)c([C@H](OC(C)(C)C)C(=O)OC(C)C)c(N2CCC(C)(C)CC2)c1-c1ccc(OCCc2ccc(F)cc2)cc1. The molecule has 2 heterocycles. The molecular formula is C38H49FN2O4. The van der Waals surface area contributed by atoms with Crippen LogP contribution in [0.25, 0.3) is 17.2 Å². The van der Waals surface area contributed by atoms with Gasteiger partial charge in [-0.2, -0.15) is 0 Å². The Labute approximate surface area is 268 Å². The first-order chi connectivity index (χ1) is 21.2. The third-order valence-corrected chi connectivity index (χ3v) is 8.07. The molecule has 1 saturated heterocycles. The fourth-order valence-corrected chi connectivity index (χ4v) is 5.66. The predicted molar refractivity (Wildman–Crippen MR) is 180 cm³/mol. The summed E-state index contributed by atoms with van der Waals surface area (Å²) in [4.78, 5) is 21.1. The average Bonchev–Trinajstić information content (AvgIpc) is 2.96. The van der Waals surface area contributed by atoms with Crippen molar-refractivity contribution in [3.63, 3.8) is 0 Å². The zero-order valence-corrected chi connectivity index (χ0v) is 28.2. The van der Waals surface area contributed by atoms with Gasteiger partial charge in [-0.05, 0) is 101 Å². The maximum atomic E-state index is 13.7. The van der Waals surface area contributed by atoms with Gasteiger partial charge in [0.2, 0.25) is 0 Å². The number of hydrogen-bond donors (Lipinski definition) is 0. The number of benzene rings is 2. The summed E-state index contributed by atoms with van der Waals surface area (Å²) in [5.74, 6) is 0.0614. The van der Waals surface area contributed by atoms with Gasteiger partial charge in [0, 0.05) is 36.3 Å². The molecule has 0 amide bonds. The minimum absolute atomic E-state index is 0.227. The lowest BCUT2D eigenvalue weighted by atomic mass is 9.81. The van der Waals surface area contributed by atoms with Crippen LogP contribution in [-0.4, -0.2) is 42.4 Å². The molecule has 0 unspecified atom stereocenters. The van der Waals surface area contributed by atoms with Crippen LogP contribution in [0.2, 0.25) is 0 Å². The second-order valence-electron chi connectivity index (χ2n) is 13.9. The maximum Gasteiger partial charge on any atom is 0.340 e. The molecule has 1 aliphatic rings. The van der Waals surface area contributed by atoms with E-state index in [4.69, 9.17) is 19.2 Å². The quantitative estimate of drug-likeness (QED) is 0.201. The van der Waals surface area contributed by atoms with E-state index in [1.165, 1.54) is 12.1 Å². The van der Waals surface area contributed by atoms with Crippen molar-refractivity contribution in [2.24, 2.45) is 5.41 Å². The smallest absolute Gasteiger partial charge is 0.340 e. The zero-order chi connectivity index (χ0) is 32.9. The third kappa shape index (κ3) is 8.94. The van der Waals surface area contributed by atoms with Crippen LogP contribution in [0.1, 0.15) is 89.9 Å². The highest BCUT2D eigenvalue weighted by Gasteiger charge is 2.37. The first-order valence-electron chi connectivity index (χ1n) is 16.0. The predicted octanol–water partition coefficient (Wildman–Crippen LogP) is 8.89. The normalized spacial score (nSPS) is 15.6. The molecule has 0 saturated carbocycles. The van der Waals surface area contributed by atoms with E-state index in [1.807, 2.05) is 65.8 Å². The molecule has 1 aliphatic heterocycles. The molecule has 1 atom stereocenters. The van der Waals surface area contributed by atoms with Gasteiger partial charge in [0.1, 0.15) is 11.6 Å². The number of esters is 1. The molecule has 242 valence electrons. The Morgan fingerprint density at radius 3 is 2.24 bits per heavy atom. The maximum absolute atomic E-state index is 13.7. The molecule has 6 nitrogen and oxygen atoms in total. The van der Waals surface area contributed by atoms with E-state index in [2.05, 4.69) is 25.3 Å². The highest BCUT2D eigenvalue weighted by atomic mass is 19.1. The van der Waals surface area contributed by atoms with Crippen LogP contribution in [0.3, 0.4) is 0 Å². The van der Waals surface area contributed by atoms with Gasteiger partial charge in [0.05, 0.1) is 29.7 Å². The van der Waals surface area contributed by atoms with Crippen molar-refractivity contribution in [1.82, 2.24) is 4.98 Å². The number of anilines is 1. The highest BCUT2D eigenvalue weighted by molar-refractivity contribution is 5.91. The fourth-order valence-electron chi connectivity index (χ4n) is 5.66. The second kappa shape index (κ2) is 14.2. The van der Waals surface area contributed by atoms with Crippen LogP contribution in [0.15, 0.2) is 55.1 Å². The van der Waals surface area contributed by atoms with Crippen LogP contribution in [0.5, 0.6) is 5.75 Å². The molecule has 0 N–H and O–H groups in total. The molecule has 0 spiro atoms. The Morgan fingerprint density at radius 1 is 1.07 bits per heavy atom.